The number of nitrogens with one attached hydrogen (secondary N) is 1. The maximum absolute atomic E-state index is 11.3. The normalized spacial score (nSPS) is 12.4. The van der Waals surface area contributed by atoms with E-state index < -0.39 is 5.97 Å². The second-order valence-corrected chi connectivity index (χ2v) is 6.69. The highest BCUT2D eigenvalue weighted by Gasteiger charge is 2.03. The molecular formula is C20H37NO4. The summed E-state index contributed by atoms with van der Waals surface area (Å²) < 4.78 is 0. The Hall–Kier alpha value is -1.36. The van der Waals surface area contributed by atoms with Crippen LogP contribution in [0.3, 0.4) is 0 Å². The standard InChI is InChI=1S/C20H37NO4/c1-2-3-4-11-14-18(22)15-12-9-7-5-6-8-10-13-16-19(23)21-17-20(24)25/h9,12,18,22H,2-8,10-11,13-17H2,1H3,(H,21,23)(H,24,25)/b12-9-/t18-/m1/s1. The van der Waals surface area contributed by atoms with E-state index in [0.717, 1.165) is 57.8 Å². The number of aliphatic hydroxyl groups is 1. The van der Waals surface area contributed by atoms with E-state index in [4.69, 9.17) is 5.11 Å². The molecule has 0 radical (unpaired) electrons. The van der Waals surface area contributed by atoms with Crippen LogP contribution in [0.25, 0.3) is 0 Å². The van der Waals surface area contributed by atoms with E-state index in [0.29, 0.717) is 6.42 Å². The Morgan fingerprint density at radius 1 is 0.960 bits per heavy atom. The lowest BCUT2D eigenvalue weighted by Crippen LogP contribution is -2.28. The minimum Gasteiger partial charge on any atom is -0.480 e. The molecule has 146 valence electrons. The molecular weight excluding hydrogens is 318 g/mol. The molecule has 3 N–H and O–H groups in total. The minimum absolute atomic E-state index is 0.182. The average Bonchev–Trinajstić information content (AvgIpc) is 2.58. The molecule has 0 aliphatic carbocycles. The molecule has 0 aromatic rings. The van der Waals surface area contributed by atoms with Crippen LogP contribution in [0.4, 0.5) is 0 Å². The number of carbonyl (C=O) groups excluding carboxylic acids is 1. The van der Waals surface area contributed by atoms with Gasteiger partial charge in [0.1, 0.15) is 6.54 Å². The van der Waals surface area contributed by atoms with Crippen molar-refractivity contribution in [2.24, 2.45) is 0 Å². The summed E-state index contributed by atoms with van der Waals surface area (Å²) in [5.41, 5.74) is 0. The number of hydrogen-bond acceptors (Lipinski definition) is 3. The van der Waals surface area contributed by atoms with Crippen molar-refractivity contribution in [2.75, 3.05) is 6.54 Å². The van der Waals surface area contributed by atoms with Crippen LogP contribution >= 0.6 is 0 Å². The first-order chi connectivity index (χ1) is 12.1. The van der Waals surface area contributed by atoms with Crippen LogP contribution in [0.1, 0.15) is 90.4 Å². The van der Waals surface area contributed by atoms with Crippen LogP contribution in [-0.4, -0.2) is 34.7 Å². The average molecular weight is 356 g/mol. The van der Waals surface area contributed by atoms with E-state index in [9.17, 15) is 14.7 Å². The van der Waals surface area contributed by atoms with Gasteiger partial charge in [-0.15, -0.1) is 0 Å². The van der Waals surface area contributed by atoms with Gasteiger partial charge in [-0.3, -0.25) is 9.59 Å². The molecule has 0 unspecified atom stereocenters. The number of carboxylic acids is 1. The van der Waals surface area contributed by atoms with Gasteiger partial charge in [0.15, 0.2) is 0 Å². The number of allylic oxidation sites excluding steroid dienone is 1. The van der Waals surface area contributed by atoms with Crippen LogP contribution in [0, 0.1) is 0 Å². The Morgan fingerprint density at radius 2 is 1.64 bits per heavy atom. The van der Waals surface area contributed by atoms with E-state index in [1.165, 1.54) is 19.3 Å². The molecule has 0 aromatic carbocycles. The molecule has 0 aliphatic heterocycles. The molecule has 25 heavy (non-hydrogen) atoms. The molecule has 0 rings (SSSR count). The smallest absolute Gasteiger partial charge is 0.322 e. The monoisotopic (exact) mass is 355 g/mol. The molecule has 5 heteroatoms. The van der Waals surface area contributed by atoms with Gasteiger partial charge in [-0.2, -0.15) is 0 Å². The molecule has 0 aromatic heterocycles. The fourth-order valence-electron chi connectivity index (χ4n) is 2.64. The zero-order chi connectivity index (χ0) is 18.8. The fraction of sp³-hybridized carbons (Fsp3) is 0.800. The molecule has 0 heterocycles. The van der Waals surface area contributed by atoms with Crippen molar-refractivity contribution in [1.29, 1.82) is 0 Å². The Balaban J connectivity index is 3.34. The van der Waals surface area contributed by atoms with Gasteiger partial charge in [0.25, 0.3) is 0 Å². The van der Waals surface area contributed by atoms with Gasteiger partial charge in [0, 0.05) is 6.42 Å². The van der Waals surface area contributed by atoms with Crippen LogP contribution in [0.15, 0.2) is 12.2 Å². The van der Waals surface area contributed by atoms with Crippen molar-refractivity contribution in [1.82, 2.24) is 5.32 Å². The first-order valence-corrected chi connectivity index (χ1v) is 9.87. The van der Waals surface area contributed by atoms with Crippen molar-refractivity contribution < 1.29 is 19.8 Å². The fourth-order valence-corrected chi connectivity index (χ4v) is 2.64. The third-order valence-electron chi connectivity index (χ3n) is 4.18. The number of rotatable bonds is 17. The summed E-state index contributed by atoms with van der Waals surface area (Å²) in [4.78, 5) is 21.6. The number of hydrogen-bond donors (Lipinski definition) is 3. The quantitative estimate of drug-likeness (QED) is 0.270. The third kappa shape index (κ3) is 18.8. The maximum Gasteiger partial charge on any atom is 0.322 e. The molecule has 0 fully saturated rings. The Labute approximate surface area is 152 Å². The van der Waals surface area contributed by atoms with Gasteiger partial charge in [0.2, 0.25) is 5.91 Å². The number of unbranched alkanes of at least 4 members (excludes halogenated alkanes) is 8. The van der Waals surface area contributed by atoms with Gasteiger partial charge in [0.05, 0.1) is 6.10 Å². The Bertz CT molecular complexity index is 369. The van der Waals surface area contributed by atoms with Gasteiger partial charge in [-0.05, 0) is 32.1 Å². The summed E-state index contributed by atoms with van der Waals surface area (Å²) >= 11 is 0. The molecule has 0 spiro atoms. The molecule has 0 bridgehead atoms. The predicted octanol–water partition coefficient (Wildman–Crippen LogP) is 4.20. The number of aliphatic carboxylic acids is 1. The summed E-state index contributed by atoms with van der Waals surface area (Å²) in [5, 5.41) is 20.7. The zero-order valence-corrected chi connectivity index (χ0v) is 15.8. The molecule has 1 atom stereocenters. The summed E-state index contributed by atoms with van der Waals surface area (Å²) in [6.45, 7) is 1.90. The van der Waals surface area contributed by atoms with E-state index in [2.05, 4.69) is 24.4 Å². The highest BCUT2D eigenvalue weighted by atomic mass is 16.4. The molecule has 0 aliphatic rings. The predicted molar refractivity (Wildman–Crippen MR) is 101 cm³/mol. The van der Waals surface area contributed by atoms with Crippen molar-refractivity contribution >= 4 is 11.9 Å². The highest BCUT2D eigenvalue weighted by molar-refractivity contribution is 5.80. The van der Waals surface area contributed by atoms with Crippen LogP contribution in [0.2, 0.25) is 0 Å². The largest absolute Gasteiger partial charge is 0.480 e. The molecule has 0 saturated heterocycles. The SMILES string of the molecule is CCCCCC[C@@H](O)C/C=C\CCCCCCCC(=O)NCC(=O)O. The lowest BCUT2D eigenvalue weighted by atomic mass is 10.1. The number of carboxylic acid groups (broad SMARTS) is 1. The van der Waals surface area contributed by atoms with Crippen LogP contribution < -0.4 is 5.32 Å². The van der Waals surface area contributed by atoms with Crippen molar-refractivity contribution in [3.8, 4) is 0 Å². The van der Waals surface area contributed by atoms with E-state index in [-0.39, 0.29) is 18.6 Å². The molecule has 1 amide bonds. The molecule has 5 nitrogen and oxygen atoms in total. The summed E-state index contributed by atoms with van der Waals surface area (Å²) in [6, 6.07) is 0. The second kappa shape index (κ2) is 17.5. The Kier molecular flexibility index (Phi) is 16.5. The van der Waals surface area contributed by atoms with Crippen LogP contribution in [-0.2, 0) is 9.59 Å². The van der Waals surface area contributed by atoms with E-state index >= 15 is 0 Å². The summed E-state index contributed by atoms with van der Waals surface area (Å²) in [5.74, 6) is -1.19. The third-order valence-corrected chi connectivity index (χ3v) is 4.18. The number of aliphatic hydroxyl groups excluding tert-OH is 1. The summed E-state index contributed by atoms with van der Waals surface area (Å²) in [6.07, 6.45) is 17.2. The highest BCUT2D eigenvalue weighted by Crippen LogP contribution is 2.10. The van der Waals surface area contributed by atoms with Crippen LogP contribution in [0.5, 0.6) is 0 Å². The van der Waals surface area contributed by atoms with Crippen molar-refractivity contribution in [2.45, 2.75) is 96.5 Å². The molecule has 0 saturated carbocycles. The van der Waals surface area contributed by atoms with Gasteiger partial charge >= 0.3 is 5.97 Å². The van der Waals surface area contributed by atoms with Crippen molar-refractivity contribution in [3.05, 3.63) is 12.2 Å². The minimum atomic E-state index is -1.01. The second-order valence-electron chi connectivity index (χ2n) is 6.69. The number of amides is 1. The topological polar surface area (TPSA) is 86.6 Å². The lowest BCUT2D eigenvalue weighted by molar-refractivity contribution is -0.137. The first kappa shape index (κ1) is 23.6. The summed E-state index contributed by atoms with van der Waals surface area (Å²) in [7, 11) is 0. The lowest BCUT2D eigenvalue weighted by Gasteiger charge is -2.07. The number of carbonyl (C=O) groups is 2. The Morgan fingerprint density at radius 3 is 2.36 bits per heavy atom. The first-order valence-electron chi connectivity index (χ1n) is 9.87. The van der Waals surface area contributed by atoms with Gasteiger partial charge in [-0.25, -0.2) is 0 Å². The van der Waals surface area contributed by atoms with E-state index in [1.807, 2.05) is 0 Å². The van der Waals surface area contributed by atoms with Gasteiger partial charge < -0.3 is 15.5 Å². The zero-order valence-electron chi connectivity index (χ0n) is 15.8. The van der Waals surface area contributed by atoms with Crippen molar-refractivity contribution in [3.63, 3.8) is 0 Å². The maximum atomic E-state index is 11.3. The van der Waals surface area contributed by atoms with E-state index in [1.54, 1.807) is 0 Å². The van der Waals surface area contributed by atoms with Gasteiger partial charge in [-0.1, -0.05) is 64.0 Å².